The van der Waals surface area contributed by atoms with Crippen LogP contribution in [0.4, 0.5) is 16.2 Å². The molecule has 12 nitrogen and oxygen atoms in total. The Kier molecular flexibility index (Phi) is 6.67. The maximum atomic E-state index is 13.7. The highest BCUT2D eigenvalue weighted by molar-refractivity contribution is 7.82. The molecule has 35 heavy (non-hydrogen) atoms. The van der Waals surface area contributed by atoms with Crippen LogP contribution in [0.15, 0.2) is 28.9 Å². The number of nitrogens with one attached hydrogen (secondary N) is 1. The molecule has 186 valence electrons. The van der Waals surface area contributed by atoms with Gasteiger partial charge in [0, 0.05) is 39.2 Å². The van der Waals surface area contributed by atoms with Crippen LogP contribution >= 0.6 is 0 Å². The monoisotopic (exact) mass is 506 g/mol. The Balaban J connectivity index is 1.43. The van der Waals surface area contributed by atoms with Crippen molar-refractivity contribution in [2.24, 2.45) is 0 Å². The lowest BCUT2D eigenvalue weighted by Crippen LogP contribution is -2.57. The van der Waals surface area contributed by atoms with Crippen LogP contribution in [0.5, 0.6) is 5.75 Å². The molecule has 2 aromatic heterocycles. The van der Waals surface area contributed by atoms with Gasteiger partial charge < -0.3 is 15.8 Å². The largest absolute Gasteiger partial charge is 0.496 e. The number of piperidine rings is 1. The molecule has 0 atom stereocenters. The molecule has 3 aromatic rings. The van der Waals surface area contributed by atoms with Crippen LogP contribution in [0.2, 0.25) is 0 Å². The molecule has 3 heterocycles. The molecule has 3 N–H and O–H groups in total. The number of aromatic nitrogens is 4. The third-order valence-electron chi connectivity index (χ3n) is 5.70. The van der Waals surface area contributed by atoms with Gasteiger partial charge in [-0.3, -0.25) is 4.79 Å². The average Bonchev–Trinajstić information content (AvgIpc) is 3.17. The fourth-order valence-corrected chi connectivity index (χ4v) is 5.56. The molecule has 1 aliphatic heterocycles. The molecular formula is C21H25FN7O5S+. The molecule has 1 aromatic carbocycles. The summed E-state index contributed by atoms with van der Waals surface area (Å²) in [6.45, 7) is 3.63. The Labute approximate surface area is 201 Å². The van der Waals surface area contributed by atoms with Crippen LogP contribution in [0.3, 0.4) is 0 Å². The van der Waals surface area contributed by atoms with Crippen molar-refractivity contribution in [3.8, 4) is 5.75 Å². The van der Waals surface area contributed by atoms with Crippen molar-refractivity contribution >= 4 is 27.8 Å². The van der Waals surface area contributed by atoms with Crippen molar-refractivity contribution in [2.45, 2.75) is 32.7 Å². The highest BCUT2D eigenvalue weighted by Crippen LogP contribution is 2.25. The number of aryl methyl sites for hydroxylation is 2. The van der Waals surface area contributed by atoms with Gasteiger partial charge >= 0.3 is 21.9 Å². The van der Waals surface area contributed by atoms with Crippen molar-refractivity contribution in [1.29, 1.82) is 0 Å². The summed E-state index contributed by atoms with van der Waals surface area (Å²) in [6.07, 6.45) is 2.26. The molecule has 0 saturated carbocycles. The van der Waals surface area contributed by atoms with E-state index in [0.717, 1.165) is 10.0 Å². The third-order valence-corrected chi connectivity index (χ3v) is 7.70. The van der Waals surface area contributed by atoms with Crippen molar-refractivity contribution < 1.29 is 30.8 Å². The molecule has 0 aliphatic carbocycles. The first kappa shape index (κ1) is 24.5. The SMILES string of the molecule is COc1ccc(F)cc1C(=O)c1cnc(NC2CCN(S(=O)(=O)[n+]3c(C)noc3C)CC2)nc1N. The average molecular weight is 507 g/mol. The molecular weight excluding hydrogens is 481 g/mol. The zero-order valence-corrected chi connectivity index (χ0v) is 20.2. The molecule has 14 heteroatoms. The minimum atomic E-state index is -3.79. The van der Waals surface area contributed by atoms with Crippen molar-refractivity contribution in [1.82, 2.24) is 19.4 Å². The van der Waals surface area contributed by atoms with E-state index in [4.69, 9.17) is 15.0 Å². The molecule has 0 spiro atoms. The van der Waals surface area contributed by atoms with Crippen molar-refractivity contribution in [2.75, 3.05) is 31.2 Å². The third kappa shape index (κ3) is 4.79. The molecule has 1 fully saturated rings. The molecule has 0 radical (unpaired) electrons. The number of hydrogen-bond acceptors (Lipinski definition) is 10. The molecule has 1 saturated heterocycles. The number of hydrogen-bond donors (Lipinski definition) is 2. The van der Waals surface area contributed by atoms with E-state index in [1.807, 2.05) is 0 Å². The van der Waals surface area contributed by atoms with E-state index in [9.17, 15) is 17.6 Å². The Morgan fingerprint density at radius 1 is 1.29 bits per heavy atom. The number of carbonyl (C=O) groups is 1. The van der Waals surface area contributed by atoms with Gasteiger partial charge in [-0.15, -0.1) is 0 Å². The summed E-state index contributed by atoms with van der Waals surface area (Å²) in [5.74, 6) is -0.405. The lowest BCUT2D eigenvalue weighted by atomic mass is 10.0. The van der Waals surface area contributed by atoms with Crippen LogP contribution in [0.25, 0.3) is 0 Å². The fourth-order valence-electron chi connectivity index (χ4n) is 3.93. The Hall–Kier alpha value is -3.65. The minimum absolute atomic E-state index is 0.00764. The second-order valence-corrected chi connectivity index (χ2v) is 9.78. The van der Waals surface area contributed by atoms with Gasteiger partial charge in [0.15, 0.2) is 5.16 Å². The predicted molar refractivity (Wildman–Crippen MR) is 122 cm³/mol. The number of nitrogens with two attached hydrogens (primary N) is 1. The van der Waals surface area contributed by atoms with E-state index in [1.165, 1.54) is 36.7 Å². The van der Waals surface area contributed by atoms with Crippen LogP contribution in [-0.4, -0.2) is 59.9 Å². The van der Waals surface area contributed by atoms with E-state index in [1.54, 1.807) is 6.92 Å². The highest BCUT2D eigenvalue weighted by Gasteiger charge is 2.37. The number of benzene rings is 1. The number of anilines is 2. The van der Waals surface area contributed by atoms with Gasteiger partial charge in [-0.05, 0) is 31.0 Å². The Morgan fingerprint density at radius 2 is 2.00 bits per heavy atom. The van der Waals surface area contributed by atoms with Crippen LogP contribution in [-0.2, 0) is 10.2 Å². The standard InChI is InChI=1S/C21H24FN7O5S/c1-12-27-34-13(2)29(12)35(31,32)28-8-6-15(7-9-28)25-21-24-11-17(20(23)26-21)19(30)16-10-14(22)4-5-18(16)33-3/h4-5,10-11,15H,6-9H2,1-3H3,(H2-,23,24,25,26,30)/p+1. The number of nitrogens with zero attached hydrogens (tertiary/aromatic N) is 5. The lowest BCUT2D eigenvalue weighted by Gasteiger charge is -2.30. The number of rotatable bonds is 7. The minimum Gasteiger partial charge on any atom is -0.496 e. The molecule has 0 amide bonds. The maximum Gasteiger partial charge on any atom is 0.382 e. The summed E-state index contributed by atoms with van der Waals surface area (Å²) in [5.41, 5.74) is 6.02. The van der Waals surface area contributed by atoms with Gasteiger partial charge in [0.2, 0.25) is 11.7 Å². The van der Waals surface area contributed by atoms with Crippen LogP contribution in [0, 0.1) is 19.7 Å². The first-order valence-electron chi connectivity index (χ1n) is 10.7. The van der Waals surface area contributed by atoms with Crippen molar-refractivity contribution in [3.63, 3.8) is 0 Å². The number of nitrogen functional groups attached to an aromatic ring is 1. The van der Waals surface area contributed by atoms with Gasteiger partial charge in [-0.1, -0.05) is 3.97 Å². The number of carbonyl (C=O) groups excluding carboxylic acids is 1. The summed E-state index contributed by atoms with van der Waals surface area (Å²) in [4.78, 5) is 21.2. The smallest absolute Gasteiger partial charge is 0.382 e. The number of methoxy groups -OCH3 is 1. The molecule has 0 unspecified atom stereocenters. The topological polar surface area (TPSA) is 157 Å². The van der Waals surface area contributed by atoms with E-state index in [0.29, 0.717) is 12.8 Å². The summed E-state index contributed by atoms with van der Waals surface area (Å²) >= 11 is 0. The molecule has 0 bridgehead atoms. The summed E-state index contributed by atoms with van der Waals surface area (Å²) in [5, 5.41) is 6.83. The first-order valence-corrected chi connectivity index (χ1v) is 12.1. The van der Waals surface area contributed by atoms with E-state index in [2.05, 4.69) is 20.4 Å². The fraction of sp³-hybridized carbons (Fsp3) is 0.381. The van der Waals surface area contributed by atoms with Gasteiger partial charge in [-0.25, -0.2) is 13.9 Å². The zero-order chi connectivity index (χ0) is 25.3. The Bertz CT molecular complexity index is 1350. The highest BCUT2D eigenvalue weighted by atomic mass is 32.2. The number of ether oxygens (including phenoxy) is 1. The van der Waals surface area contributed by atoms with Gasteiger partial charge in [0.25, 0.3) is 0 Å². The number of halogens is 1. The van der Waals surface area contributed by atoms with E-state index in [-0.39, 0.29) is 59.5 Å². The number of ketones is 1. The van der Waals surface area contributed by atoms with Gasteiger partial charge in [0.1, 0.15) is 17.4 Å². The summed E-state index contributed by atoms with van der Waals surface area (Å²) in [7, 11) is -2.42. The normalized spacial score (nSPS) is 15.2. The van der Waals surface area contributed by atoms with Gasteiger partial charge in [0.05, 0.1) is 18.2 Å². The lowest BCUT2D eigenvalue weighted by molar-refractivity contribution is -0.536. The van der Waals surface area contributed by atoms with Crippen molar-refractivity contribution in [3.05, 3.63) is 53.1 Å². The Morgan fingerprint density at radius 3 is 2.60 bits per heavy atom. The molecule has 1 aliphatic rings. The molecule has 4 rings (SSSR count). The van der Waals surface area contributed by atoms with Crippen LogP contribution < -0.4 is 19.8 Å². The van der Waals surface area contributed by atoms with Gasteiger partial charge in [-0.2, -0.15) is 17.7 Å². The predicted octanol–water partition coefficient (Wildman–Crippen LogP) is 0.999. The quantitative estimate of drug-likeness (QED) is 0.350. The first-order chi connectivity index (χ1) is 16.6. The second kappa shape index (κ2) is 9.54. The zero-order valence-electron chi connectivity index (χ0n) is 19.4. The van der Waals surface area contributed by atoms with Crippen LogP contribution in [0.1, 0.15) is 40.5 Å². The van der Waals surface area contributed by atoms with E-state index >= 15 is 0 Å². The second-order valence-electron chi connectivity index (χ2n) is 8.00. The summed E-state index contributed by atoms with van der Waals surface area (Å²) < 4.78 is 52.1. The maximum absolute atomic E-state index is 13.7. The van der Waals surface area contributed by atoms with E-state index < -0.39 is 21.8 Å². The summed E-state index contributed by atoms with van der Waals surface area (Å²) in [6, 6.07) is 3.49.